The molecule has 7 nitrogen and oxygen atoms in total. The van der Waals surface area contributed by atoms with Gasteiger partial charge in [-0.1, -0.05) is 6.92 Å². The van der Waals surface area contributed by atoms with Gasteiger partial charge in [-0.15, -0.1) is 0 Å². The number of urea groups is 1. The van der Waals surface area contributed by atoms with Gasteiger partial charge in [-0.2, -0.15) is 11.8 Å². The van der Waals surface area contributed by atoms with Crippen molar-refractivity contribution in [3.8, 4) is 0 Å². The number of esters is 1. The second kappa shape index (κ2) is 7.22. The van der Waals surface area contributed by atoms with E-state index in [1.54, 1.807) is 6.92 Å². The fraction of sp³-hybridized carbons (Fsp3) is 0.727. The van der Waals surface area contributed by atoms with Gasteiger partial charge in [0.25, 0.3) is 0 Å². The van der Waals surface area contributed by atoms with E-state index >= 15 is 0 Å². The van der Waals surface area contributed by atoms with Crippen LogP contribution in [0.25, 0.3) is 0 Å². The molecule has 2 unspecified atom stereocenters. The van der Waals surface area contributed by atoms with Crippen LogP contribution in [0.15, 0.2) is 0 Å². The quantitative estimate of drug-likeness (QED) is 0.716. The molecule has 1 saturated heterocycles. The van der Waals surface area contributed by atoms with E-state index in [4.69, 9.17) is 5.11 Å². The van der Waals surface area contributed by atoms with Crippen molar-refractivity contribution in [1.82, 2.24) is 10.2 Å². The molecule has 2 atom stereocenters. The summed E-state index contributed by atoms with van der Waals surface area (Å²) in [7, 11) is 1.24. The predicted molar refractivity (Wildman–Crippen MR) is 70.1 cm³/mol. The highest BCUT2D eigenvalue weighted by molar-refractivity contribution is 7.99. The van der Waals surface area contributed by atoms with Crippen molar-refractivity contribution >= 4 is 29.7 Å². The Labute approximate surface area is 115 Å². The molecule has 0 saturated carbocycles. The number of amides is 2. The minimum Gasteiger partial charge on any atom is -0.480 e. The van der Waals surface area contributed by atoms with Gasteiger partial charge in [-0.3, -0.25) is 0 Å². The first-order valence-electron chi connectivity index (χ1n) is 5.96. The highest BCUT2D eigenvalue weighted by Gasteiger charge is 2.34. The smallest absolute Gasteiger partial charge is 0.328 e. The maximum atomic E-state index is 12.0. The summed E-state index contributed by atoms with van der Waals surface area (Å²) in [5.41, 5.74) is 0. The monoisotopic (exact) mass is 290 g/mol. The van der Waals surface area contributed by atoms with Crippen LogP contribution in [0.4, 0.5) is 4.79 Å². The van der Waals surface area contributed by atoms with Gasteiger partial charge in [0, 0.05) is 18.1 Å². The molecule has 108 valence electrons. The Morgan fingerprint density at radius 1 is 1.53 bits per heavy atom. The van der Waals surface area contributed by atoms with E-state index in [1.807, 2.05) is 0 Å². The van der Waals surface area contributed by atoms with Crippen LogP contribution in [-0.4, -0.2) is 65.2 Å². The molecule has 2 amide bonds. The first kappa shape index (κ1) is 15.6. The maximum Gasteiger partial charge on any atom is 0.328 e. The van der Waals surface area contributed by atoms with E-state index in [1.165, 1.54) is 23.8 Å². The zero-order valence-electron chi connectivity index (χ0n) is 10.9. The molecule has 0 radical (unpaired) electrons. The topological polar surface area (TPSA) is 95.9 Å². The average Bonchev–Trinajstić information content (AvgIpc) is 2.43. The van der Waals surface area contributed by atoms with Crippen LogP contribution in [0.2, 0.25) is 0 Å². The lowest BCUT2D eigenvalue weighted by Gasteiger charge is -2.33. The second-order valence-corrected chi connectivity index (χ2v) is 5.21. The number of ether oxygens (including phenoxy) is 1. The molecule has 1 aliphatic rings. The van der Waals surface area contributed by atoms with E-state index in [9.17, 15) is 14.4 Å². The van der Waals surface area contributed by atoms with E-state index in [2.05, 4.69) is 10.1 Å². The molecule has 19 heavy (non-hydrogen) atoms. The number of aliphatic carboxylic acids is 1. The summed E-state index contributed by atoms with van der Waals surface area (Å²) in [5.74, 6) is -0.521. The first-order chi connectivity index (χ1) is 9.01. The average molecular weight is 290 g/mol. The first-order valence-corrected chi connectivity index (χ1v) is 7.12. The van der Waals surface area contributed by atoms with Crippen LogP contribution in [0, 0.1) is 0 Å². The molecule has 0 bridgehead atoms. The third kappa shape index (κ3) is 4.02. The van der Waals surface area contributed by atoms with Gasteiger partial charge in [0.1, 0.15) is 12.1 Å². The van der Waals surface area contributed by atoms with Gasteiger partial charge in [-0.25, -0.2) is 14.4 Å². The van der Waals surface area contributed by atoms with E-state index in [0.717, 1.165) is 0 Å². The lowest BCUT2D eigenvalue weighted by molar-refractivity contribution is -0.142. The summed E-state index contributed by atoms with van der Waals surface area (Å²) in [6.45, 7) is 2.09. The molecule has 1 rings (SSSR count). The lowest BCUT2D eigenvalue weighted by Crippen LogP contribution is -2.56. The SMILES string of the molecule is CCC(NC(=O)N1CCSCC1C(=O)O)C(=O)OC. The molecule has 0 aromatic rings. The van der Waals surface area contributed by atoms with Crippen LogP contribution < -0.4 is 5.32 Å². The minimum atomic E-state index is -1.03. The minimum absolute atomic E-state index is 0.352. The van der Waals surface area contributed by atoms with Gasteiger partial charge in [0.05, 0.1) is 7.11 Å². The molecule has 1 fully saturated rings. The Morgan fingerprint density at radius 3 is 2.74 bits per heavy atom. The van der Waals surface area contributed by atoms with E-state index in [-0.39, 0.29) is 0 Å². The van der Waals surface area contributed by atoms with Gasteiger partial charge in [0.15, 0.2) is 0 Å². The summed E-state index contributed by atoms with van der Waals surface area (Å²) in [6.07, 6.45) is 0.388. The van der Waals surface area contributed by atoms with E-state index < -0.39 is 30.1 Å². The van der Waals surface area contributed by atoms with Gasteiger partial charge < -0.3 is 20.1 Å². The molecule has 1 aliphatic heterocycles. The number of nitrogens with zero attached hydrogens (tertiary/aromatic N) is 1. The Balaban J connectivity index is 2.69. The van der Waals surface area contributed by atoms with Gasteiger partial charge >= 0.3 is 18.0 Å². The van der Waals surface area contributed by atoms with Crippen LogP contribution in [0.5, 0.6) is 0 Å². The molecule has 0 aromatic carbocycles. The summed E-state index contributed by atoms with van der Waals surface area (Å²) < 4.78 is 4.57. The van der Waals surface area contributed by atoms with Gasteiger partial charge in [-0.05, 0) is 6.42 Å². The number of carboxylic acid groups (broad SMARTS) is 1. The third-order valence-corrected chi connectivity index (χ3v) is 3.89. The number of thioether (sulfide) groups is 1. The fourth-order valence-corrected chi connectivity index (χ4v) is 2.79. The molecule has 8 heteroatoms. The van der Waals surface area contributed by atoms with Crippen molar-refractivity contribution in [2.75, 3.05) is 25.2 Å². The number of hydrogen-bond donors (Lipinski definition) is 2. The highest BCUT2D eigenvalue weighted by Crippen LogP contribution is 2.17. The summed E-state index contributed by atoms with van der Waals surface area (Å²) >= 11 is 1.49. The Kier molecular flexibility index (Phi) is 5.94. The lowest BCUT2D eigenvalue weighted by atomic mass is 10.2. The van der Waals surface area contributed by atoms with Crippen molar-refractivity contribution in [1.29, 1.82) is 0 Å². The van der Waals surface area contributed by atoms with E-state index in [0.29, 0.717) is 24.5 Å². The van der Waals surface area contributed by atoms with Crippen molar-refractivity contribution in [3.63, 3.8) is 0 Å². The molecule has 0 aromatic heterocycles. The van der Waals surface area contributed by atoms with Crippen LogP contribution in [0.1, 0.15) is 13.3 Å². The maximum absolute atomic E-state index is 12.0. The highest BCUT2D eigenvalue weighted by atomic mass is 32.2. The number of methoxy groups -OCH3 is 1. The normalized spacial score (nSPS) is 20.5. The predicted octanol–water partition coefficient (Wildman–Crippen LogP) is 0.150. The van der Waals surface area contributed by atoms with Crippen molar-refractivity contribution in [2.45, 2.75) is 25.4 Å². The second-order valence-electron chi connectivity index (χ2n) is 4.06. The Bertz CT molecular complexity index is 363. The van der Waals surface area contributed by atoms with Crippen LogP contribution in [-0.2, 0) is 14.3 Å². The number of nitrogens with one attached hydrogen (secondary N) is 1. The number of rotatable bonds is 4. The van der Waals surface area contributed by atoms with Crippen molar-refractivity contribution < 1.29 is 24.2 Å². The summed E-state index contributed by atoms with van der Waals surface area (Å²) in [6, 6.07) is -2.14. The summed E-state index contributed by atoms with van der Waals surface area (Å²) in [4.78, 5) is 35.8. The van der Waals surface area contributed by atoms with Gasteiger partial charge in [0.2, 0.25) is 0 Å². The van der Waals surface area contributed by atoms with Crippen molar-refractivity contribution in [2.24, 2.45) is 0 Å². The number of hydrogen-bond acceptors (Lipinski definition) is 5. The molecule has 1 heterocycles. The number of carboxylic acids is 1. The summed E-state index contributed by atoms with van der Waals surface area (Å²) in [5, 5.41) is 11.6. The third-order valence-electron chi connectivity index (χ3n) is 2.87. The van der Waals surface area contributed by atoms with Crippen LogP contribution in [0.3, 0.4) is 0 Å². The zero-order valence-corrected chi connectivity index (χ0v) is 11.7. The molecule has 0 spiro atoms. The Hall–Kier alpha value is -1.44. The Morgan fingerprint density at radius 2 is 2.21 bits per heavy atom. The zero-order chi connectivity index (χ0) is 14.4. The van der Waals surface area contributed by atoms with Crippen molar-refractivity contribution in [3.05, 3.63) is 0 Å². The number of carbonyl (C=O) groups is 3. The molecule has 2 N–H and O–H groups in total. The van der Waals surface area contributed by atoms with Crippen LogP contribution >= 0.6 is 11.8 Å². The largest absolute Gasteiger partial charge is 0.480 e. The molecular weight excluding hydrogens is 272 g/mol. The molecular formula is C11H18N2O5S. The standard InChI is InChI=1S/C11H18N2O5S/c1-3-7(10(16)18-2)12-11(17)13-4-5-19-6-8(13)9(14)15/h7-8H,3-6H2,1-2H3,(H,12,17)(H,14,15). The molecule has 0 aliphatic carbocycles. The fourth-order valence-electron chi connectivity index (χ4n) is 1.75. The number of carbonyl (C=O) groups excluding carboxylic acids is 2.